The third kappa shape index (κ3) is 1.54. The van der Waals surface area contributed by atoms with Crippen molar-refractivity contribution in [1.29, 1.82) is 0 Å². The lowest BCUT2D eigenvalue weighted by atomic mass is 10.1. The fraction of sp³-hybridized carbons (Fsp3) is 0.100. The lowest BCUT2D eigenvalue weighted by molar-refractivity contribution is 0.363. The first-order chi connectivity index (χ1) is 7.63. The number of rotatable bonds is 2. The van der Waals surface area contributed by atoms with E-state index in [1.54, 1.807) is 0 Å². The Kier molecular flexibility index (Phi) is 2.40. The molecule has 16 heavy (non-hydrogen) atoms. The van der Waals surface area contributed by atoms with Crippen LogP contribution >= 0.6 is 0 Å². The maximum absolute atomic E-state index is 13.5. The number of benzene rings is 1. The van der Waals surface area contributed by atoms with Gasteiger partial charge in [-0.05, 0) is 12.1 Å². The van der Waals surface area contributed by atoms with Gasteiger partial charge in [0.25, 0.3) is 0 Å². The maximum atomic E-state index is 13.5. The molecule has 0 saturated heterocycles. The van der Waals surface area contributed by atoms with Crippen LogP contribution in [0.5, 0.6) is 11.5 Å². The monoisotopic (exact) mass is 224 g/mol. The summed E-state index contributed by atoms with van der Waals surface area (Å²) in [5.74, 6) is -1.11. The molecular formula is C10H9FN2O3. The Balaban J connectivity index is 2.55. The lowest BCUT2D eigenvalue weighted by Crippen LogP contribution is -1.89. The maximum Gasteiger partial charge on any atom is 0.207 e. The zero-order valence-corrected chi connectivity index (χ0v) is 8.40. The number of aromatic nitrogens is 1. The Morgan fingerprint density at radius 3 is 2.81 bits per heavy atom. The molecule has 0 aliphatic carbocycles. The van der Waals surface area contributed by atoms with Crippen LogP contribution in [0.2, 0.25) is 0 Å². The number of phenolic OH excluding ortho intramolecular Hbond substituents is 1. The molecule has 5 nitrogen and oxygen atoms in total. The molecule has 0 amide bonds. The Bertz CT molecular complexity index is 525. The number of anilines is 1. The van der Waals surface area contributed by atoms with Crippen molar-refractivity contribution >= 4 is 5.82 Å². The summed E-state index contributed by atoms with van der Waals surface area (Å²) in [6.07, 6.45) is 0. The number of nitrogens with two attached hydrogens (primary N) is 1. The molecule has 2 aromatic rings. The molecule has 1 heterocycles. The van der Waals surface area contributed by atoms with Gasteiger partial charge < -0.3 is 20.1 Å². The molecule has 1 aromatic heterocycles. The number of phenols is 1. The molecule has 0 radical (unpaired) electrons. The van der Waals surface area contributed by atoms with Crippen molar-refractivity contribution in [2.45, 2.75) is 0 Å². The minimum absolute atomic E-state index is 0.0475. The average Bonchev–Trinajstić information content (AvgIpc) is 2.69. The van der Waals surface area contributed by atoms with Gasteiger partial charge in [0.2, 0.25) is 5.82 Å². The zero-order chi connectivity index (χ0) is 11.7. The van der Waals surface area contributed by atoms with Crippen LogP contribution in [0.15, 0.2) is 22.7 Å². The highest BCUT2D eigenvalue weighted by Gasteiger charge is 2.17. The third-order valence-corrected chi connectivity index (χ3v) is 2.09. The summed E-state index contributed by atoms with van der Waals surface area (Å²) >= 11 is 0. The smallest absolute Gasteiger partial charge is 0.207 e. The van der Waals surface area contributed by atoms with Gasteiger partial charge in [-0.25, -0.2) is 0 Å². The predicted octanol–water partition coefficient (Wildman–Crippen LogP) is 1.78. The van der Waals surface area contributed by atoms with Crippen LogP contribution in [-0.2, 0) is 0 Å². The fourth-order valence-corrected chi connectivity index (χ4v) is 1.32. The van der Waals surface area contributed by atoms with Gasteiger partial charge in [0.15, 0.2) is 23.1 Å². The highest BCUT2D eigenvalue weighted by Crippen LogP contribution is 2.36. The van der Waals surface area contributed by atoms with E-state index < -0.39 is 11.6 Å². The summed E-state index contributed by atoms with van der Waals surface area (Å²) in [6, 6.07) is 4.22. The summed E-state index contributed by atoms with van der Waals surface area (Å²) in [7, 11) is 1.31. The summed E-state index contributed by atoms with van der Waals surface area (Å²) in [5, 5.41) is 13.0. The largest absolute Gasteiger partial charge is 0.504 e. The summed E-state index contributed by atoms with van der Waals surface area (Å²) < 4.78 is 23.0. The number of methoxy groups -OCH3 is 1. The van der Waals surface area contributed by atoms with E-state index in [1.807, 2.05) is 0 Å². The SMILES string of the molecule is COc1ccc(-c2cc(N)no2)c(O)c1F. The highest BCUT2D eigenvalue weighted by atomic mass is 19.1. The molecule has 0 saturated carbocycles. The average molecular weight is 224 g/mol. The Morgan fingerprint density at radius 1 is 1.50 bits per heavy atom. The van der Waals surface area contributed by atoms with E-state index in [-0.39, 0.29) is 22.9 Å². The molecule has 0 fully saturated rings. The number of hydrogen-bond acceptors (Lipinski definition) is 5. The van der Waals surface area contributed by atoms with Gasteiger partial charge in [-0.2, -0.15) is 4.39 Å². The molecule has 0 bridgehead atoms. The lowest BCUT2D eigenvalue weighted by Gasteiger charge is -2.05. The Morgan fingerprint density at radius 2 is 2.25 bits per heavy atom. The number of ether oxygens (including phenoxy) is 1. The van der Waals surface area contributed by atoms with Crippen molar-refractivity contribution in [2.75, 3.05) is 12.8 Å². The van der Waals surface area contributed by atoms with Crippen LogP contribution in [0.4, 0.5) is 10.2 Å². The number of nitrogen functional groups attached to an aromatic ring is 1. The summed E-state index contributed by atoms with van der Waals surface area (Å²) in [6.45, 7) is 0. The van der Waals surface area contributed by atoms with E-state index >= 15 is 0 Å². The highest BCUT2D eigenvalue weighted by molar-refractivity contribution is 5.68. The van der Waals surface area contributed by atoms with Crippen molar-refractivity contribution in [3.05, 3.63) is 24.0 Å². The topological polar surface area (TPSA) is 81.5 Å². The molecular weight excluding hydrogens is 215 g/mol. The van der Waals surface area contributed by atoms with Crippen LogP contribution in [0.3, 0.4) is 0 Å². The van der Waals surface area contributed by atoms with E-state index in [1.165, 1.54) is 25.3 Å². The molecule has 2 rings (SSSR count). The van der Waals surface area contributed by atoms with Crippen molar-refractivity contribution in [2.24, 2.45) is 0 Å². The first kappa shape index (κ1) is 10.3. The molecule has 0 atom stereocenters. The van der Waals surface area contributed by atoms with E-state index in [0.717, 1.165) is 0 Å². The van der Waals surface area contributed by atoms with Crippen molar-refractivity contribution in [3.8, 4) is 22.8 Å². The van der Waals surface area contributed by atoms with Crippen LogP contribution in [0.1, 0.15) is 0 Å². The second-order valence-corrected chi connectivity index (χ2v) is 3.09. The van der Waals surface area contributed by atoms with Crippen LogP contribution < -0.4 is 10.5 Å². The van der Waals surface area contributed by atoms with Gasteiger partial charge in [0, 0.05) is 6.07 Å². The normalized spacial score (nSPS) is 10.4. The predicted molar refractivity (Wildman–Crippen MR) is 54.5 cm³/mol. The molecule has 0 aliphatic rings. The van der Waals surface area contributed by atoms with Gasteiger partial charge in [-0.15, -0.1) is 0 Å². The van der Waals surface area contributed by atoms with Crippen molar-refractivity contribution in [1.82, 2.24) is 5.16 Å². The number of nitrogens with zero attached hydrogens (tertiary/aromatic N) is 1. The van der Waals surface area contributed by atoms with Crippen molar-refractivity contribution in [3.63, 3.8) is 0 Å². The van der Waals surface area contributed by atoms with Crippen LogP contribution in [-0.4, -0.2) is 17.4 Å². The van der Waals surface area contributed by atoms with Crippen LogP contribution in [0, 0.1) is 5.82 Å². The minimum atomic E-state index is -0.852. The third-order valence-electron chi connectivity index (χ3n) is 2.09. The first-order valence-corrected chi connectivity index (χ1v) is 4.41. The summed E-state index contributed by atoms with van der Waals surface area (Å²) in [5.41, 5.74) is 5.52. The molecule has 6 heteroatoms. The number of aromatic hydroxyl groups is 1. The van der Waals surface area contributed by atoms with E-state index in [9.17, 15) is 9.50 Å². The molecule has 3 N–H and O–H groups in total. The van der Waals surface area contributed by atoms with E-state index in [4.69, 9.17) is 15.0 Å². The van der Waals surface area contributed by atoms with E-state index in [2.05, 4.69) is 5.16 Å². The van der Waals surface area contributed by atoms with Gasteiger partial charge in [0.1, 0.15) is 0 Å². The molecule has 84 valence electrons. The second kappa shape index (κ2) is 3.73. The Labute approximate surface area is 90.2 Å². The number of halogens is 1. The van der Waals surface area contributed by atoms with Crippen LogP contribution in [0.25, 0.3) is 11.3 Å². The molecule has 0 aliphatic heterocycles. The first-order valence-electron chi connectivity index (χ1n) is 4.41. The standard InChI is InChI=1S/C10H9FN2O3/c1-15-6-3-2-5(10(14)9(6)11)7-4-8(12)13-16-7/h2-4,14H,1H3,(H2,12,13). The zero-order valence-electron chi connectivity index (χ0n) is 8.40. The minimum Gasteiger partial charge on any atom is -0.504 e. The fourth-order valence-electron chi connectivity index (χ4n) is 1.32. The number of hydrogen-bond donors (Lipinski definition) is 2. The Hall–Kier alpha value is -2.24. The molecule has 1 aromatic carbocycles. The molecule has 0 unspecified atom stereocenters. The van der Waals surface area contributed by atoms with Gasteiger partial charge in [-0.3, -0.25) is 0 Å². The van der Waals surface area contributed by atoms with Crippen molar-refractivity contribution < 1.29 is 18.8 Å². The quantitative estimate of drug-likeness (QED) is 0.812. The van der Waals surface area contributed by atoms with Gasteiger partial charge in [0.05, 0.1) is 12.7 Å². The van der Waals surface area contributed by atoms with Gasteiger partial charge >= 0.3 is 0 Å². The molecule has 0 spiro atoms. The van der Waals surface area contributed by atoms with E-state index in [0.29, 0.717) is 0 Å². The second-order valence-electron chi connectivity index (χ2n) is 3.09. The summed E-state index contributed by atoms with van der Waals surface area (Å²) in [4.78, 5) is 0. The van der Waals surface area contributed by atoms with Gasteiger partial charge in [-0.1, -0.05) is 5.16 Å².